The highest BCUT2D eigenvalue weighted by Crippen LogP contribution is 2.32. The molecule has 0 unspecified atom stereocenters. The molecule has 2 heterocycles. The fourth-order valence-electron chi connectivity index (χ4n) is 3.46. The molecule has 1 saturated heterocycles. The number of piperidine rings is 1. The number of rotatable bonds is 6. The van der Waals surface area contributed by atoms with Crippen LogP contribution in [0, 0.1) is 0 Å². The van der Waals surface area contributed by atoms with Crippen LogP contribution in [0.4, 0.5) is 0 Å². The third-order valence-corrected chi connectivity index (χ3v) is 4.76. The lowest BCUT2D eigenvalue weighted by Gasteiger charge is -2.32. The number of ether oxygens (including phenoxy) is 1. The van der Waals surface area contributed by atoms with Gasteiger partial charge in [0.1, 0.15) is 0 Å². The smallest absolute Gasteiger partial charge is 0.162 e. The normalized spacial score (nSPS) is 16.4. The van der Waals surface area contributed by atoms with Crippen LogP contribution in [0.25, 0.3) is 0 Å². The van der Waals surface area contributed by atoms with E-state index in [4.69, 9.17) is 9.84 Å². The number of aliphatic hydroxyl groups is 1. The molecule has 0 amide bonds. The lowest BCUT2D eigenvalue weighted by molar-refractivity contribution is 0.196. The van der Waals surface area contributed by atoms with Crippen LogP contribution in [0.15, 0.2) is 30.5 Å². The molecule has 24 heavy (non-hydrogen) atoms. The molecule has 6 nitrogen and oxygen atoms in total. The minimum Gasteiger partial charge on any atom is -0.504 e. The summed E-state index contributed by atoms with van der Waals surface area (Å²) in [5.74, 6) is 1.24. The fraction of sp³-hybridized carbons (Fsp3) is 0.500. The summed E-state index contributed by atoms with van der Waals surface area (Å²) >= 11 is 0. The zero-order chi connectivity index (χ0) is 16.9. The molecule has 1 aliphatic rings. The Bertz CT molecular complexity index is 663. The van der Waals surface area contributed by atoms with E-state index in [0.717, 1.165) is 38.0 Å². The van der Waals surface area contributed by atoms with E-state index >= 15 is 0 Å². The molecule has 2 N–H and O–H groups in total. The number of nitrogens with zero attached hydrogens (tertiary/aromatic N) is 3. The summed E-state index contributed by atoms with van der Waals surface area (Å²) in [6.07, 6.45) is 3.93. The molecular formula is C18H25N3O3. The first kappa shape index (κ1) is 16.8. The maximum Gasteiger partial charge on any atom is 0.162 e. The van der Waals surface area contributed by atoms with Crippen molar-refractivity contribution >= 4 is 0 Å². The van der Waals surface area contributed by atoms with Gasteiger partial charge < -0.3 is 14.9 Å². The predicted molar refractivity (Wildman–Crippen MR) is 91.2 cm³/mol. The predicted octanol–water partition coefficient (Wildman–Crippen LogP) is 1.97. The Morgan fingerprint density at radius 3 is 2.75 bits per heavy atom. The summed E-state index contributed by atoms with van der Waals surface area (Å²) < 4.78 is 7.09. The first-order valence-electron chi connectivity index (χ1n) is 8.42. The minimum absolute atomic E-state index is 0.114. The van der Waals surface area contributed by atoms with E-state index in [1.165, 1.54) is 5.69 Å². The van der Waals surface area contributed by atoms with E-state index in [1.54, 1.807) is 13.2 Å². The standard InChI is InChI=1S/C18H25N3O3/c1-24-17-4-2-3-15(18(17)23)13-20-9-6-14(7-10-20)16-5-8-19-21(16)11-12-22/h2-5,8,14,22-23H,6-7,9-13H2,1H3. The Hall–Kier alpha value is -2.05. The summed E-state index contributed by atoms with van der Waals surface area (Å²) in [4.78, 5) is 2.36. The van der Waals surface area contributed by atoms with Crippen molar-refractivity contribution in [2.45, 2.75) is 31.8 Å². The third kappa shape index (κ3) is 3.55. The Morgan fingerprint density at radius 1 is 1.25 bits per heavy atom. The molecule has 0 aliphatic carbocycles. The van der Waals surface area contributed by atoms with E-state index in [1.807, 2.05) is 23.0 Å². The SMILES string of the molecule is COc1cccc(CN2CCC(c3ccnn3CCO)CC2)c1O. The van der Waals surface area contributed by atoms with Crippen molar-refractivity contribution in [2.24, 2.45) is 0 Å². The van der Waals surface area contributed by atoms with Crippen molar-refractivity contribution in [1.29, 1.82) is 0 Å². The van der Waals surface area contributed by atoms with Gasteiger partial charge in [-0.25, -0.2) is 0 Å². The van der Waals surface area contributed by atoms with Gasteiger partial charge in [0.05, 0.1) is 20.3 Å². The van der Waals surface area contributed by atoms with Gasteiger partial charge >= 0.3 is 0 Å². The number of aliphatic hydroxyl groups excluding tert-OH is 1. The van der Waals surface area contributed by atoms with Crippen LogP contribution in [-0.2, 0) is 13.1 Å². The molecule has 2 aromatic rings. The third-order valence-electron chi connectivity index (χ3n) is 4.76. The second kappa shape index (κ2) is 7.68. The Balaban J connectivity index is 1.60. The van der Waals surface area contributed by atoms with Gasteiger partial charge in [-0.15, -0.1) is 0 Å². The van der Waals surface area contributed by atoms with Gasteiger partial charge in [-0.05, 0) is 38.1 Å². The Labute approximate surface area is 142 Å². The van der Waals surface area contributed by atoms with E-state index in [0.29, 0.717) is 18.2 Å². The number of para-hydroxylation sites is 1. The largest absolute Gasteiger partial charge is 0.504 e. The van der Waals surface area contributed by atoms with Crippen LogP contribution in [0.5, 0.6) is 11.5 Å². The van der Waals surface area contributed by atoms with Crippen molar-refractivity contribution < 1.29 is 14.9 Å². The molecule has 0 atom stereocenters. The van der Waals surface area contributed by atoms with Gasteiger partial charge in [-0.3, -0.25) is 9.58 Å². The summed E-state index contributed by atoms with van der Waals surface area (Å²) in [6, 6.07) is 7.69. The number of methoxy groups -OCH3 is 1. The molecule has 1 fully saturated rings. The number of aromatic hydroxyl groups is 1. The van der Waals surface area contributed by atoms with Crippen molar-refractivity contribution in [3.05, 3.63) is 41.7 Å². The maximum atomic E-state index is 10.2. The molecule has 0 saturated carbocycles. The van der Waals surface area contributed by atoms with Gasteiger partial charge in [0.25, 0.3) is 0 Å². The molecule has 3 rings (SSSR count). The van der Waals surface area contributed by atoms with Gasteiger partial charge in [-0.1, -0.05) is 12.1 Å². The van der Waals surface area contributed by atoms with Crippen molar-refractivity contribution in [3.63, 3.8) is 0 Å². The average molecular weight is 331 g/mol. The highest BCUT2D eigenvalue weighted by atomic mass is 16.5. The quantitative estimate of drug-likeness (QED) is 0.847. The van der Waals surface area contributed by atoms with E-state index in [-0.39, 0.29) is 12.4 Å². The number of phenols is 1. The van der Waals surface area contributed by atoms with Crippen LogP contribution in [0.1, 0.15) is 30.0 Å². The van der Waals surface area contributed by atoms with Crippen LogP contribution < -0.4 is 4.74 Å². The fourth-order valence-corrected chi connectivity index (χ4v) is 3.46. The van der Waals surface area contributed by atoms with E-state index in [9.17, 15) is 5.11 Å². The lowest BCUT2D eigenvalue weighted by Crippen LogP contribution is -2.33. The molecular weight excluding hydrogens is 306 g/mol. The van der Waals surface area contributed by atoms with Gasteiger partial charge in [0.15, 0.2) is 11.5 Å². The van der Waals surface area contributed by atoms with E-state index in [2.05, 4.69) is 16.1 Å². The minimum atomic E-state index is 0.114. The molecule has 6 heteroatoms. The molecule has 0 spiro atoms. The summed E-state index contributed by atoms with van der Waals surface area (Å²) in [5.41, 5.74) is 2.12. The number of likely N-dealkylation sites (tertiary alicyclic amines) is 1. The van der Waals surface area contributed by atoms with Crippen LogP contribution in [0.2, 0.25) is 0 Å². The van der Waals surface area contributed by atoms with E-state index < -0.39 is 0 Å². The number of hydrogen-bond donors (Lipinski definition) is 2. The number of aromatic nitrogens is 2. The summed E-state index contributed by atoms with van der Waals surface area (Å²) in [6.45, 7) is 3.35. The summed E-state index contributed by atoms with van der Waals surface area (Å²) in [7, 11) is 1.57. The average Bonchev–Trinajstić information content (AvgIpc) is 3.06. The zero-order valence-electron chi connectivity index (χ0n) is 14.1. The van der Waals surface area contributed by atoms with Crippen molar-refractivity contribution in [2.75, 3.05) is 26.8 Å². The molecule has 1 aromatic carbocycles. The molecule has 1 aromatic heterocycles. The van der Waals surface area contributed by atoms with Crippen molar-refractivity contribution in [1.82, 2.24) is 14.7 Å². The van der Waals surface area contributed by atoms with Crippen LogP contribution in [0.3, 0.4) is 0 Å². The highest BCUT2D eigenvalue weighted by Gasteiger charge is 2.24. The second-order valence-electron chi connectivity index (χ2n) is 6.22. The Morgan fingerprint density at radius 2 is 2.04 bits per heavy atom. The molecule has 0 radical (unpaired) electrons. The topological polar surface area (TPSA) is 70.8 Å². The van der Waals surface area contributed by atoms with Gasteiger partial charge in [0, 0.05) is 29.9 Å². The van der Waals surface area contributed by atoms with Crippen molar-refractivity contribution in [3.8, 4) is 11.5 Å². The summed E-state index contributed by atoms with van der Waals surface area (Å²) in [5, 5.41) is 23.7. The number of hydrogen-bond acceptors (Lipinski definition) is 5. The molecule has 0 bridgehead atoms. The van der Waals surface area contributed by atoms with Crippen LogP contribution >= 0.6 is 0 Å². The maximum absolute atomic E-state index is 10.2. The van der Waals surface area contributed by atoms with Gasteiger partial charge in [-0.2, -0.15) is 5.10 Å². The lowest BCUT2D eigenvalue weighted by atomic mass is 9.93. The molecule has 1 aliphatic heterocycles. The Kier molecular flexibility index (Phi) is 5.37. The highest BCUT2D eigenvalue weighted by molar-refractivity contribution is 5.45. The number of phenolic OH excluding ortho intramolecular Hbond substituents is 1. The first-order valence-corrected chi connectivity index (χ1v) is 8.42. The monoisotopic (exact) mass is 331 g/mol. The second-order valence-corrected chi connectivity index (χ2v) is 6.22. The van der Waals surface area contributed by atoms with Gasteiger partial charge in [0.2, 0.25) is 0 Å². The molecule has 130 valence electrons. The zero-order valence-corrected chi connectivity index (χ0v) is 14.1. The number of benzene rings is 1. The van der Waals surface area contributed by atoms with Crippen LogP contribution in [-0.4, -0.2) is 51.7 Å². The first-order chi connectivity index (χ1) is 11.7.